The summed E-state index contributed by atoms with van der Waals surface area (Å²) in [5.74, 6) is 0.153. The highest BCUT2D eigenvalue weighted by Gasteiger charge is 2.30. The lowest BCUT2D eigenvalue weighted by Crippen LogP contribution is -2.11. The number of hydrogen-bond donors (Lipinski definition) is 0. The smallest absolute Gasteiger partial charge is 0.379 e. The highest BCUT2D eigenvalue weighted by Crippen LogP contribution is 2.30. The van der Waals surface area contributed by atoms with Crippen molar-refractivity contribution < 1.29 is 25.8 Å². The summed E-state index contributed by atoms with van der Waals surface area (Å²) >= 11 is 0. The lowest BCUT2D eigenvalue weighted by Gasteiger charge is -2.11. The predicted molar refractivity (Wildman–Crippen MR) is 75.2 cm³/mol. The standard InChI is InChI=1S/C15H13F3O3S/c1-10-3-4-11(2)14(9-10)21-22(19,20)13-7-5-12(6-8-13)15(16,17)18/h3-9H,1-2H3. The summed E-state index contributed by atoms with van der Waals surface area (Å²) in [5, 5.41) is 0. The first-order chi connectivity index (χ1) is 10.1. The highest BCUT2D eigenvalue weighted by molar-refractivity contribution is 7.87. The molecule has 2 aromatic carbocycles. The number of halogens is 3. The summed E-state index contributed by atoms with van der Waals surface area (Å²) in [5.41, 5.74) is 0.502. The highest BCUT2D eigenvalue weighted by atomic mass is 32.2. The van der Waals surface area contributed by atoms with Gasteiger partial charge in [0, 0.05) is 0 Å². The molecule has 0 N–H and O–H groups in total. The second kappa shape index (κ2) is 5.64. The summed E-state index contributed by atoms with van der Waals surface area (Å²) in [6.07, 6.45) is -4.52. The van der Waals surface area contributed by atoms with Crippen molar-refractivity contribution in [3.05, 3.63) is 59.2 Å². The maximum Gasteiger partial charge on any atom is 0.416 e. The van der Waals surface area contributed by atoms with Crippen molar-refractivity contribution in [3.8, 4) is 5.75 Å². The van der Waals surface area contributed by atoms with Crippen molar-refractivity contribution in [1.82, 2.24) is 0 Å². The molecule has 0 saturated heterocycles. The van der Waals surface area contributed by atoms with Crippen LogP contribution in [0.1, 0.15) is 16.7 Å². The minimum absolute atomic E-state index is 0.153. The van der Waals surface area contributed by atoms with Gasteiger partial charge in [-0.05, 0) is 55.3 Å². The van der Waals surface area contributed by atoms with Crippen molar-refractivity contribution in [3.63, 3.8) is 0 Å². The van der Waals surface area contributed by atoms with E-state index in [9.17, 15) is 21.6 Å². The van der Waals surface area contributed by atoms with Crippen molar-refractivity contribution in [2.45, 2.75) is 24.9 Å². The Morgan fingerprint density at radius 2 is 1.55 bits per heavy atom. The molecule has 2 rings (SSSR count). The van der Waals surface area contributed by atoms with Crippen LogP contribution in [-0.2, 0) is 16.3 Å². The molecule has 7 heteroatoms. The van der Waals surface area contributed by atoms with Gasteiger partial charge in [0.25, 0.3) is 0 Å². The molecule has 3 nitrogen and oxygen atoms in total. The number of benzene rings is 2. The first-order valence-electron chi connectivity index (χ1n) is 6.28. The third-order valence-electron chi connectivity index (χ3n) is 3.01. The van der Waals surface area contributed by atoms with E-state index in [0.29, 0.717) is 17.7 Å². The van der Waals surface area contributed by atoms with Crippen LogP contribution in [0.5, 0.6) is 5.75 Å². The normalized spacial score (nSPS) is 12.2. The zero-order valence-corrected chi connectivity index (χ0v) is 12.6. The number of rotatable bonds is 3. The molecule has 0 bridgehead atoms. The van der Waals surface area contributed by atoms with Gasteiger partial charge in [-0.25, -0.2) is 0 Å². The summed E-state index contributed by atoms with van der Waals surface area (Å²) in [7, 11) is -4.18. The van der Waals surface area contributed by atoms with Crippen LogP contribution in [0.25, 0.3) is 0 Å². The fraction of sp³-hybridized carbons (Fsp3) is 0.200. The largest absolute Gasteiger partial charge is 0.416 e. The first kappa shape index (κ1) is 16.4. The van der Waals surface area contributed by atoms with Gasteiger partial charge in [-0.2, -0.15) is 21.6 Å². The molecule has 0 atom stereocenters. The van der Waals surface area contributed by atoms with E-state index in [4.69, 9.17) is 4.18 Å². The monoisotopic (exact) mass is 330 g/mol. The molecule has 0 radical (unpaired) electrons. The van der Waals surface area contributed by atoms with Crippen LogP contribution in [0.3, 0.4) is 0 Å². The Kier molecular flexibility index (Phi) is 4.19. The van der Waals surface area contributed by atoms with Crippen molar-refractivity contribution in [1.29, 1.82) is 0 Å². The Morgan fingerprint density at radius 3 is 2.09 bits per heavy atom. The van der Waals surface area contributed by atoms with E-state index in [1.807, 2.05) is 0 Å². The maximum atomic E-state index is 12.5. The van der Waals surface area contributed by atoms with Crippen LogP contribution >= 0.6 is 0 Å². The van der Waals surface area contributed by atoms with Gasteiger partial charge in [-0.15, -0.1) is 0 Å². The van der Waals surface area contributed by atoms with Crippen LogP contribution in [0.2, 0.25) is 0 Å². The average Bonchev–Trinajstić information content (AvgIpc) is 2.42. The fourth-order valence-corrected chi connectivity index (χ4v) is 2.76. The number of aryl methyl sites for hydroxylation is 2. The van der Waals surface area contributed by atoms with Gasteiger partial charge in [0.15, 0.2) is 0 Å². The Balaban J connectivity index is 2.33. The van der Waals surface area contributed by atoms with Crippen LogP contribution < -0.4 is 4.18 Å². The SMILES string of the molecule is Cc1ccc(C)c(OS(=O)(=O)c2ccc(C(F)(F)F)cc2)c1. The van der Waals surface area contributed by atoms with E-state index in [-0.39, 0.29) is 10.6 Å². The quantitative estimate of drug-likeness (QED) is 0.796. The minimum atomic E-state index is -4.52. The molecule has 0 unspecified atom stereocenters. The van der Waals surface area contributed by atoms with E-state index >= 15 is 0 Å². The second-order valence-electron chi connectivity index (χ2n) is 4.83. The van der Waals surface area contributed by atoms with Gasteiger partial charge >= 0.3 is 16.3 Å². The van der Waals surface area contributed by atoms with Crippen molar-refractivity contribution in [2.24, 2.45) is 0 Å². The molecule has 0 aliphatic heterocycles. The first-order valence-corrected chi connectivity index (χ1v) is 7.69. The molecule has 0 saturated carbocycles. The molecule has 0 amide bonds. The van der Waals surface area contributed by atoms with Gasteiger partial charge in [-0.1, -0.05) is 12.1 Å². The van der Waals surface area contributed by atoms with E-state index < -0.39 is 21.9 Å². The van der Waals surface area contributed by atoms with Crippen LogP contribution in [0.15, 0.2) is 47.4 Å². The Labute approximate surface area is 126 Å². The molecule has 0 aliphatic rings. The molecular formula is C15H13F3O3S. The van der Waals surface area contributed by atoms with Crippen molar-refractivity contribution >= 4 is 10.1 Å². The molecule has 0 fully saturated rings. The zero-order chi connectivity index (χ0) is 16.5. The second-order valence-corrected chi connectivity index (χ2v) is 6.37. The lowest BCUT2D eigenvalue weighted by molar-refractivity contribution is -0.137. The Morgan fingerprint density at radius 1 is 0.955 bits per heavy atom. The summed E-state index contributed by atoms with van der Waals surface area (Å²) in [6.45, 7) is 3.45. The molecule has 0 aliphatic carbocycles. The molecule has 0 aromatic heterocycles. The molecule has 0 spiro atoms. The minimum Gasteiger partial charge on any atom is -0.379 e. The van der Waals surface area contributed by atoms with Gasteiger partial charge in [0.2, 0.25) is 0 Å². The number of alkyl halides is 3. The van der Waals surface area contributed by atoms with Crippen molar-refractivity contribution in [2.75, 3.05) is 0 Å². The van der Waals surface area contributed by atoms with E-state index in [0.717, 1.165) is 17.7 Å². The van der Waals surface area contributed by atoms with Gasteiger partial charge < -0.3 is 4.18 Å². The fourth-order valence-electron chi connectivity index (χ4n) is 1.77. The average molecular weight is 330 g/mol. The predicted octanol–water partition coefficient (Wildman–Crippen LogP) is 4.09. The lowest BCUT2D eigenvalue weighted by atomic mass is 10.1. The molecule has 0 heterocycles. The Bertz CT molecular complexity index is 779. The summed E-state index contributed by atoms with van der Waals surface area (Å²) < 4.78 is 66.7. The summed E-state index contributed by atoms with van der Waals surface area (Å²) in [6, 6.07) is 8.22. The molecule has 2 aromatic rings. The molecule has 118 valence electrons. The maximum absolute atomic E-state index is 12.5. The van der Waals surface area contributed by atoms with Gasteiger partial charge in [-0.3, -0.25) is 0 Å². The van der Waals surface area contributed by atoms with E-state index in [1.54, 1.807) is 32.0 Å². The molecular weight excluding hydrogens is 317 g/mol. The van der Waals surface area contributed by atoms with Gasteiger partial charge in [0.05, 0.1) is 5.56 Å². The Hall–Kier alpha value is -2.02. The molecule has 22 heavy (non-hydrogen) atoms. The zero-order valence-electron chi connectivity index (χ0n) is 11.8. The van der Waals surface area contributed by atoms with E-state index in [2.05, 4.69) is 0 Å². The van der Waals surface area contributed by atoms with Crippen LogP contribution in [0, 0.1) is 13.8 Å². The van der Waals surface area contributed by atoms with Crippen LogP contribution in [-0.4, -0.2) is 8.42 Å². The van der Waals surface area contributed by atoms with E-state index in [1.165, 1.54) is 0 Å². The van der Waals surface area contributed by atoms with Gasteiger partial charge in [0.1, 0.15) is 10.6 Å². The number of hydrogen-bond acceptors (Lipinski definition) is 3. The van der Waals surface area contributed by atoms with Crippen LogP contribution in [0.4, 0.5) is 13.2 Å². The summed E-state index contributed by atoms with van der Waals surface area (Å²) in [4.78, 5) is -0.332. The topological polar surface area (TPSA) is 43.4 Å². The third kappa shape index (κ3) is 3.59. The third-order valence-corrected chi connectivity index (χ3v) is 4.26.